The summed E-state index contributed by atoms with van der Waals surface area (Å²) in [4.78, 5) is 10.5. The molecule has 0 radical (unpaired) electrons. The molecule has 1 aliphatic heterocycles. The molecule has 0 amide bonds. The predicted octanol–water partition coefficient (Wildman–Crippen LogP) is 1.80. The summed E-state index contributed by atoms with van der Waals surface area (Å²) < 4.78 is 62.7. The molecule has 1 aromatic rings. The number of halogens is 3. The van der Waals surface area contributed by atoms with Crippen LogP contribution in [0, 0.1) is 5.92 Å². The smallest absolute Gasteiger partial charge is 0.416 e. The SMILES string of the molecule is O=C(O)C1CCN(S(=O)(=O)c2ccc(C(F)(F)F)cc2)C1. The first-order chi connectivity index (χ1) is 9.62. The zero-order valence-electron chi connectivity index (χ0n) is 10.7. The van der Waals surface area contributed by atoms with Crippen molar-refractivity contribution in [2.45, 2.75) is 17.5 Å². The average Bonchev–Trinajstić information content (AvgIpc) is 2.88. The van der Waals surface area contributed by atoms with E-state index in [0.717, 1.165) is 16.4 Å². The second kappa shape index (κ2) is 5.30. The number of aliphatic carboxylic acids is 1. The highest BCUT2D eigenvalue weighted by atomic mass is 32.2. The Morgan fingerprint density at radius 3 is 2.24 bits per heavy atom. The van der Waals surface area contributed by atoms with Crippen LogP contribution >= 0.6 is 0 Å². The topological polar surface area (TPSA) is 74.7 Å². The van der Waals surface area contributed by atoms with Gasteiger partial charge in [-0.1, -0.05) is 0 Å². The highest BCUT2D eigenvalue weighted by Gasteiger charge is 2.36. The van der Waals surface area contributed by atoms with E-state index in [4.69, 9.17) is 5.11 Å². The molecule has 0 aliphatic carbocycles. The van der Waals surface area contributed by atoms with Gasteiger partial charge in [0.2, 0.25) is 10.0 Å². The number of carboxylic acid groups (broad SMARTS) is 1. The van der Waals surface area contributed by atoms with Crippen molar-refractivity contribution >= 4 is 16.0 Å². The highest BCUT2D eigenvalue weighted by molar-refractivity contribution is 7.89. The van der Waals surface area contributed by atoms with Gasteiger partial charge in [0.25, 0.3) is 0 Å². The molecule has 1 fully saturated rings. The summed E-state index contributed by atoms with van der Waals surface area (Å²) in [5.74, 6) is -1.87. The Balaban J connectivity index is 2.23. The van der Waals surface area contributed by atoms with Crippen molar-refractivity contribution in [3.05, 3.63) is 29.8 Å². The first-order valence-electron chi connectivity index (χ1n) is 6.02. The molecule has 116 valence electrons. The van der Waals surface area contributed by atoms with Crippen molar-refractivity contribution in [1.82, 2.24) is 4.31 Å². The van der Waals surface area contributed by atoms with Gasteiger partial charge in [0.1, 0.15) is 0 Å². The summed E-state index contributed by atoms with van der Waals surface area (Å²) >= 11 is 0. The molecule has 0 aromatic heterocycles. The van der Waals surface area contributed by atoms with Gasteiger partial charge >= 0.3 is 12.1 Å². The lowest BCUT2D eigenvalue weighted by molar-refractivity contribution is -0.141. The van der Waals surface area contributed by atoms with E-state index in [9.17, 15) is 26.4 Å². The molecule has 9 heteroatoms. The maximum Gasteiger partial charge on any atom is 0.416 e. The Morgan fingerprint density at radius 2 is 1.81 bits per heavy atom. The number of hydrogen-bond donors (Lipinski definition) is 1. The number of carboxylic acids is 1. The third-order valence-corrected chi connectivity index (χ3v) is 5.20. The van der Waals surface area contributed by atoms with E-state index in [0.29, 0.717) is 12.1 Å². The third-order valence-electron chi connectivity index (χ3n) is 3.32. The van der Waals surface area contributed by atoms with Crippen molar-refractivity contribution in [3.63, 3.8) is 0 Å². The average molecular weight is 323 g/mol. The van der Waals surface area contributed by atoms with Crippen LogP contribution in [0.2, 0.25) is 0 Å². The quantitative estimate of drug-likeness (QED) is 0.920. The monoisotopic (exact) mass is 323 g/mol. The molecule has 0 saturated carbocycles. The van der Waals surface area contributed by atoms with Crippen LogP contribution < -0.4 is 0 Å². The summed E-state index contributed by atoms with van der Waals surface area (Å²) in [6.07, 6.45) is -4.35. The fourth-order valence-electron chi connectivity index (χ4n) is 2.11. The lowest BCUT2D eigenvalue weighted by Gasteiger charge is -2.16. The molecule has 1 heterocycles. The minimum absolute atomic E-state index is 0.0420. The van der Waals surface area contributed by atoms with Crippen LogP contribution in [0.15, 0.2) is 29.2 Å². The first kappa shape index (κ1) is 15.8. The van der Waals surface area contributed by atoms with Crippen LogP contribution in [0.3, 0.4) is 0 Å². The van der Waals surface area contributed by atoms with Crippen LogP contribution in [0.25, 0.3) is 0 Å². The van der Waals surface area contributed by atoms with E-state index in [1.54, 1.807) is 0 Å². The van der Waals surface area contributed by atoms with Gasteiger partial charge in [0.05, 0.1) is 16.4 Å². The number of alkyl halides is 3. The zero-order valence-corrected chi connectivity index (χ0v) is 11.5. The van der Waals surface area contributed by atoms with Crippen molar-refractivity contribution in [2.75, 3.05) is 13.1 Å². The molecule has 1 unspecified atom stereocenters. The van der Waals surface area contributed by atoms with E-state index in [2.05, 4.69) is 0 Å². The van der Waals surface area contributed by atoms with E-state index >= 15 is 0 Å². The van der Waals surface area contributed by atoms with Gasteiger partial charge in [-0.2, -0.15) is 17.5 Å². The maximum absolute atomic E-state index is 12.4. The normalized spacial score (nSPS) is 20.6. The lowest BCUT2D eigenvalue weighted by Crippen LogP contribution is -2.30. The molecule has 5 nitrogen and oxygen atoms in total. The van der Waals surface area contributed by atoms with Gasteiger partial charge in [-0.3, -0.25) is 4.79 Å². The largest absolute Gasteiger partial charge is 0.481 e. The molecule has 2 rings (SSSR count). The second-order valence-electron chi connectivity index (χ2n) is 4.71. The van der Waals surface area contributed by atoms with Crippen LogP contribution in [-0.2, 0) is 21.0 Å². The number of nitrogens with zero attached hydrogens (tertiary/aromatic N) is 1. The van der Waals surface area contributed by atoms with Gasteiger partial charge in [0, 0.05) is 13.1 Å². The molecule has 0 bridgehead atoms. The van der Waals surface area contributed by atoms with Crippen LogP contribution in [-0.4, -0.2) is 36.9 Å². The Bertz CT molecular complexity index is 639. The molecule has 1 N–H and O–H groups in total. The van der Waals surface area contributed by atoms with Gasteiger partial charge in [0.15, 0.2) is 0 Å². The molecule has 1 atom stereocenters. The van der Waals surface area contributed by atoms with Gasteiger partial charge in [-0.25, -0.2) is 8.42 Å². The summed E-state index contributed by atoms with van der Waals surface area (Å²) in [6.45, 7) is -0.126. The number of benzene rings is 1. The van der Waals surface area contributed by atoms with E-state index < -0.39 is 33.7 Å². The fraction of sp³-hybridized carbons (Fsp3) is 0.417. The lowest BCUT2D eigenvalue weighted by atomic mass is 10.1. The van der Waals surface area contributed by atoms with E-state index in [1.165, 1.54) is 0 Å². The number of sulfonamides is 1. The van der Waals surface area contributed by atoms with Crippen molar-refractivity contribution < 1.29 is 31.5 Å². The van der Waals surface area contributed by atoms with Gasteiger partial charge in [-0.15, -0.1) is 0 Å². The molecular formula is C12H12F3NO4S. The molecule has 21 heavy (non-hydrogen) atoms. The molecule has 1 saturated heterocycles. The summed E-state index contributed by atoms with van der Waals surface area (Å²) in [7, 11) is -3.96. The number of carbonyl (C=O) groups is 1. The van der Waals surface area contributed by atoms with Crippen LogP contribution in [0.5, 0.6) is 0 Å². The van der Waals surface area contributed by atoms with Gasteiger partial charge < -0.3 is 5.11 Å². The summed E-state index contributed by atoms with van der Waals surface area (Å²) in [6, 6.07) is 3.15. The molecule has 0 spiro atoms. The number of rotatable bonds is 3. The maximum atomic E-state index is 12.4. The van der Waals surface area contributed by atoms with Crippen LogP contribution in [0.1, 0.15) is 12.0 Å². The minimum Gasteiger partial charge on any atom is -0.481 e. The Morgan fingerprint density at radius 1 is 1.24 bits per heavy atom. The minimum atomic E-state index is -4.54. The summed E-state index contributed by atoms with van der Waals surface area (Å²) in [5, 5.41) is 8.85. The molecule has 1 aliphatic rings. The van der Waals surface area contributed by atoms with Crippen molar-refractivity contribution in [3.8, 4) is 0 Å². The molecular weight excluding hydrogens is 311 g/mol. The Kier molecular flexibility index (Phi) is 3.98. The first-order valence-corrected chi connectivity index (χ1v) is 7.46. The van der Waals surface area contributed by atoms with E-state index in [-0.39, 0.29) is 24.4 Å². The molecule has 1 aromatic carbocycles. The third kappa shape index (κ3) is 3.18. The van der Waals surface area contributed by atoms with Gasteiger partial charge in [-0.05, 0) is 30.7 Å². The summed E-state index contributed by atoms with van der Waals surface area (Å²) in [5.41, 5.74) is -0.939. The standard InChI is InChI=1S/C12H12F3NO4S/c13-12(14,15)9-1-3-10(4-2-9)21(19,20)16-6-5-8(7-16)11(17)18/h1-4,8H,5-7H2,(H,17,18). The predicted molar refractivity (Wildman–Crippen MR) is 65.9 cm³/mol. The number of hydrogen-bond acceptors (Lipinski definition) is 3. The van der Waals surface area contributed by atoms with Crippen LogP contribution in [0.4, 0.5) is 13.2 Å². The van der Waals surface area contributed by atoms with Crippen molar-refractivity contribution in [2.24, 2.45) is 5.92 Å². The van der Waals surface area contributed by atoms with Crippen molar-refractivity contribution in [1.29, 1.82) is 0 Å². The zero-order chi connectivity index (χ0) is 15.8. The highest BCUT2D eigenvalue weighted by Crippen LogP contribution is 2.31. The second-order valence-corrected chi connectivity index (χ2v) is 6.65. The van der Waals surface area contributed by atoms with E-state index in [1.807, 2.05) is 0 Å². The Hall–Kier alpha value is -1.61. The Labute approximate surface area is 119 Å². The fourth-order valence-corrected chi connectivity index (χ4v) is 3.61.